The third kappa shape index (κ3) is 4.35. The van der Waals surface area contributed by atoms with Gasteiger partial charge in [0.2, 0.25) is 5.91 Å². The maximum Gasteiger partial charge on any atom is 0.252 e. The van der Waals surface area contributed by atoms with Gasteiger partial charge in [-0.05, 0) is 32.9 Å². The highest BCUT2D eigenvalue weighted by molar-refractivity contribution is 6.33. The van der Waals surface area contributed by atoms with E-state index >= 15 is 0 Å². The number of hydrogen-bond donors (Lipinski definition) is 1. The molecule has 20 heavy (non-hydrogen) atoms. The molecular formula is C13H17Cl2N3O2. The summed E-state index contributed by atoms with van der Waals surface area (Å²) in [4.78, 5) is 29.5. The molecule has 1 atom stereocenters. The van der Waals surface area contributed by atoms with E-state index in [0.29, 0.717) is 13.1 Å². The molecule has 0 aliphatic heterocycles. The Kier molecular flexibility index (Phi) is 6.23. The summed E-state index contributed by atoms with van der Waals surface area (Å²) in [7, 11) is 0. The Morgan fingerprint density at radius 3 is 2.20 bits per heavy atom. The van der Waals surface area contributed by atoms with E-state index in [0.717, 1.165) is 0 Å². The van der Waals surface area contributed by atoms with Crippen molar-refractivity contribution in [1.82, 2.24) is 15.2 Å². The average Bonchev–Trinajstić information content (AvgIpc) is 2.38. The van der Waals surface area contributed by atoms with Crippen molar-refractivity contribution in [2.45, 2.75) is 26.8 Å². The highest BCUT2D eigenvalue weighted by atomic mass is 35.5. The van der Waals surface area contributed by atoms with Crippen molar-refractivity contribution in [2.75, 3.05) is 13.1 Å². The summed E-state index contributed by atoms with van der Waals surface area (Å²) >= 11 is 11.5. The zero-order valence-electron chi connectivity index (χ0n) is 11.6. The minimum Gasteiger partial charge on any atom is -0.341 e. The van der Waals surface area contributed by atoms with Crippen LogP contribution in [0.5, 0.6) is 0 Å². The predicted molar refractivity (Wildman–Crippen MR) is 79.1 cm³/mol. The number of hydrogen-bond acceptors (Lipinski definition) is 3. The lowest BCUT2D eigenvalue weighted by Gasteiger charge is -2.23. The van der Waals surface area contributed by atoms with Crippen LogP contribution in [0.1, 0.15) is 31.1 Å². The number of aromatic nitrogens is 1. The maximum atomic E-state index is 12.1. The van der Waals surface area contributed by atoms with Gasteiger partial charge in [0.25, 0.3) is 5.91 Å². The molecule has 0 spiro atoms. The van der Waals surface area contributed by atoms with Crippen LogP contribution in [-0.4, -0.2) is 40.8 Å². The first-order valence-corrected chi connectivity index (χ1v) is 7.07. The number of carbonyl (C=O) groups excluding carboxylic acids is 2. The van der Waals surface area contributed by atoms with Gasteiger partial charge in [-0.1, -0.05) is 23.2 Å². The molecule has 0 aromatic carbocycles. The second-order valence-electron chi connectivity index (χ2n) is 4.21. The van der Waals surface area contributed by atoms with Crippen molar-refractivity contribution in [3.05, 3.63) is 28.0 Å². The van der Waals surface area contributed by atoms with Gasteiger partial charge in [-0.3, -0.25) is 9.59 Å². The van der Waals surface area contributed by atoms with E-state index in [1.54, 1.807) is 11.8 Å². The van der Waals surface area contributed by atoms with Crippen molar-refractivity contribution in [1.29, 1.82) is 0 Å². The van der Waals surface area contributed by atoms with E-state index in [1.165, 1.54) is 12.1 Å². The number of nitrogens with one attached hydrogen (secondary N) is 1. The molecule has 2 amide bonds. The summed E-state index contributed by atoms with van der Waals surface area (Å²) in [5.74, 6) is -0.543. The molecule has 1 aromatic heterocycles. The minimum absolute atomic E-state index is 0.130. The molecule has 1 heterocycles. The van der Waals surface area contributed by atoms with Gasteiger partial charge in [0.1, 0.15) is 16.3 Å². The lowest BCUT2D eigenvalue weighted by Crippen LogP contribution is -2.46. The van der Waals surface area contributed by atoms with Gasteiger partial charge in [-0.25, -0.2) is 4.98 Å². The summed E-state index contributed by atoms with van der Waals surface area (Å²) in [5.41, 5.74) is 0.272. The third-order valence-corrected chi connectivity index (χ3v) is 3.21. The lowest BCUT2D eigenvalue weighted by atomic mass is 10.2. The van der Waals surface area contributed by atoms with E-state index in [-0.39, 0.29) is 21.8 Å². The highest BCUT2D eigenvalue weighted by Gasteiger charge is 2.20. The van der Waals surface area contributed by atoms with Crippen LogP contribution >= 0.6 is 23.2 Å². The first-order valence-electron chi connectivity index (χ1n) is 6.31. The fourth-order valence-corrected chi connectivity index (χ4v) is 2.21. The molecular weight excluding hydrogens is 301 g/mol. The van der Waals surface area contributed by atoms with Gasteiger partial charge in [0, 0.05) is 18.7 Å². The average molecular weight is 318 g/mol. The van der Waals surface area contributed by atoms with Crippen LogP contribution in [-0.2, 0) is 4.79 Å². The lowest BCUT2D eigenvalue weighted by molar-refractivity contribution is -0.132. The molecule has 5 nitrogen and oxygen atoms in total. The molecule has 0 bridgehead atoms. The second kappa shape index (κ2) is 7.45. The number of rotatable bonds is 5. The first-order chi connectivity index (χ1) is 9.38. The van der Waals surface area contributed by atoms with E-state index in [1.807, 2.05) is 13.8 Å². The molecule has 0 radical (unpaired) electrons. The van der Waals surface area contributed by atoms with Gasteiger partial charge >= 0.3 is 0 Å². The predicted octanol–water partition coefficient (Wildman–Crippen LogP) is 2.38. The zero-order valence-corrected chi connectivity index (χ0v) is 13.1. The highest BCUT2D eigenvalue weighted by Crippen LogP contribution is 2.14. The Balaban J connectivity index is 2.77. The number of amides is 2. The Morgan fingerprint density at radius 1 is 1.25 bits per heavy atom. The molecule has 0 aliphatic rings. The molecule has 0 saturated carbocycles. The SMILES string of the molecule is CCN(CC)C(=O)C(C)NC(=O)c1cc(Cl)nc(Cl)c1. The van der Waals surface area contributed by atoms with Crippen molar-refractivity contribution in [2.24, 2.45) is 0 Å². The molecule has 1 N–H and O–H groups in total. The minimum atomic E-state index is -0.617. The van der Waals surface area contributed by atoms with Crippen molar-refractivity contribution in [3.8, 4) is 0 Å². The number of halogens is 2. The Morgan fingerprint density at radius 2 is 1.75 bits per heavy atom. The number of carbonyl (C=O) groups is 2. The van der Waals surface area contributed by atoms with E-state index in [9.17, 15) is 9.59 Å². The molecule has 110 valence electrons. The summed E-state index contributed by atoms with van der Waals surface area (Å²) in [5, 5.41) is 2.88. The van der Waals surface area contributed by atoms with Crippen LogP contribution < -0.4 is 5.32 Å². The first kappa shape index (κ1) is 16.7. The van der Waals surface area contributed by atoms with E-state index in [2.05, 4.69) is 10.3 Å². The van der Waals surface area contributed by atoms with Crippen LogP contribution in [0.3, 0.4) is 0 Å². The molecule has 1 aromatic rings. The van der Waals surface area contributed by atoms with Gasteiger partial charge in [-0.2, -0.15) is 0 Å². The topological polar surface area (TPSA) is 62.3 Å². The standard InChI is InChI=1S/C13H17Cl2N3O2/c1-4-18(5-2)13(20)8(3)16-12(19)9-6-10(14)17-11(15)7-9/h6-8H,4-5H2,1-3H3,(H,16,19). The van der Waals surface area contributed by atoms with E-state index < -0.39 is 11.9 Å². The fourth-order valence-electron chi connectivity index (χ4n) is 1.75. The largest absolute Gasteiger partial charge is 0.341 e. The Bertz CT molecular complexity index is 484. The van der Waals surface area contributed by atoms with Gasteiger partial charge in [0.05, 0.1) is 0 Å². The Labute approximate surface area is 128 Å². The summed E-state index contributed by atoms with van der Waals surface area (Å²) < 4.78 is 0. The van der Waals surface area contributed by atoms with Crippen LogP contribution in [0.15, 0.2) is 12.1 Å². The normalized spacial score (nSPS) is 11.8. The van der Waals surface area contributed by atoms with Crippen molar-refractivity contribution in [3.63, 3.8) is 0 Å². The van der Waals surface area contributed by atoms with Crippen LogP contribution in [0.4, 0.5) is 0 Å². The van der Waals surface area contributed by atoms with Gasteiger partial charge in [-0.15, -0.1) is 0 Å². The van der Waals surface area contributed by atoms with Gasteiger partial charge in [0.15, 0.2) is 0 Å². The van der Waals surface area contributed by atoms with Crippen LogP contribution in [0.2, 0.25) is 10.3 Å². The third-order valence-electron chi connectivity index (χ3n) is 2.82. The molecule has 7 heteroatoms. The summed E-state index contributed by atoms with van der Waals surface area (Å²) in [6.45, 7) is 6.62. The second-order valence-corrected chi connectivity index (χ2v) is 4.98. The molecule has 0 saturated heterocycles. The van der Waals surface area contributed by atoms with Crippen LogP contribution in [0.25, 0.3) is 0 Å². The molecule has 1 rings (SSSR count). The van der Waals surface area contributed by atoms with Crippen LogP contribution in [0, 0.1) is 0 Å². The fraction of sp³-hybridized carbons (Fsp3) is 0.462. The van der Waals surface area contributed by atoms with Crippen molar-refractivity contribution >= 4 is 35.0 Å². The number of pyridine rings is 1. The quantitative estimate of drug-likeness (QED) is 0.848. The maximum absolute atomic E-state index is 12.1. The molecule has 0 fully saturated rings. The van der Waals surface area contributed by atoms with Crippen molar-refractivity contribution < 1.29 is 9.59 Å². The molecule has 1 unspecified atom stereocenters. The smallest absolute Gasteiger partial charge is 0.252 e. The van der Waals surface area contributed by atoms with Gasteiger partial charge < -0.3 is 10.2 Å². The summed E-state index contributed by atoms with van der Waals surface area (Å²) in [6, 6.07) is 2.18. The zero-order chi connectivity index (χ0) is 15.3. The number of likely N-dealkylation sites (N-methyl/N-ethyl adjacent to an activating group) is 1. The van der Waals surface area contributed by atoms with E-state index in [4.69, 9.17) is 23.2 Å². The Hall–Kier alpha value is -1.33. The number of nitrogens with zero attached hydrogens (tertiary/aromatic N) is 2. The summed E-state index contributed by atoms with van der Waals surface area (Å²) in [6.07, 6.45) is 0. The molecule has 0 aliphatic carbocycles. The monoisotopic (exact) mass is 317 g/mol.